The molecule has 0 aliphatic carbocycles. The lowest BCUT2D eigenvalue weighted by Crippen LogP contribution is -2.35. The summed E-state index contributed by atoms with van der Waals surface area (Å²) in [7, 11) is 0. The van der Waals surface area contributed by atoms with Gasteiger partial charge >= 0.3 is 0 Å². The van der Waals surface area contributed by atoms with E-state index in [-0.39, 0.29) is 5.54 Å². The fourth-order valence-electron chi connectivity index (χ4n) is 2.57. The summed E-state index contributed by atoms with van der Waals surface area (Å²) < 4.78 is 0. The molecule has 0 aliphatic rings. The Morgan fingerprint density at radius 2 is 1.71 bits per heavy atom. The standard InChI is InChI=1S/C18H33N3/c1-13(2)16(14(3)4)12-20-17-8-9-19-10-15(17)11-21-18(5,6)7/h8-10,13-14,16,21H,11-12H2,1-7H3,(H,19,20). The van der Waals surface area contributed by atoms with Gasteiger partial charge in [-0.25, -0.2) is 0 Å². The van der Waals surface area contributed by atoms with Crippen LogP contribution in [0.5, 0.6) is 0 Å². The van der Waals surface area contributed by atoms with E-state index < -0.39 is 0 Å². The number of aromatic nitrogens is 1. The Morgan fingerprint density at radius 1 is 1.10 bits per heavy atom. The Bertz CT molecular complexity index is 411. The summed E-state index contributed by atoms with van der Waals surface area (Å²) >= 11 is 0. The number of pyridine rings is 1. The Balaban J connectivity index is 2.70. The molecular formula is C18H33N3. The van der Waals surface area contributed by atoms with E-state index in [9.17, 15) is 0 Å². The van der Waals surface area contributed by atoms with Crippen molar-refractivity contribution >= 4 is 5.69 Å². The molecule has 0 radical (unpaired) electrons. The molecule has 1 rings (SSSR count). The lowest BCUT2D eigenvalue weighted by atomic mass is 9.85. The average molecular weight is 291 g/mol. The van der Waals surface area contributed by atoms with Gasteiger partial charge in [0.2, 0.25) is 0 Å². The van der Waals surface area contributed by atoms with Gasteiger partial charge in [-0.05, 0) is 44.6 Å². The highest BCUT2D eigenvalue weighted by atomic mass is 15.0. The highest BCUT2D eigenvalue weighted by Gasteiger charge is 2.18. The van der Waals surface area contributed by atoms with E-state index in [0.717, 1.165) is 13.1 Å². The molecule has 0 aliphatic heterocycles. The van der Waals surface area contributed by atoms with Gasteiger partial charge in [-0.2, -0.15) is 0 Å². The molecule has 0 saturated heterocycles. The van der Waals surface area contributed by atoms with E-state index in [4.69, 9.17) is 0 Å². The lowest BCUT2D eigenvalue weighted by Gasteiger charge is -2.26. The summed E-state index contributed by atoms with van der Waals surface area (Å²) in [6, 6.07) is 2.08. The van der Waals surface area contributed by atoms with Crippen LogP contribution in [0.1, 0.15) is 54.0 Å². The third-order valence-electron chi connectivity index (χ3n) is 3.95. The first-order valence-corrected chi connectivity index (χ1v) is 8.12. The van der Waals surface area contributed by atoms with Crippen LogP contribution in [0.15, 0.2) is 18.5 Å². The fourth-order valence-corrected chi connectivity index (χ4v) is 2.57. The molecule has 0 atom stereocenters. The first-order valence-electron chi connectivity index (χ1n) is 8.12. The Labute approximate surface area is 130 Å². The summed E-state index contributed by atoms with van der Waals surface area (Å²) in [6.45, 7) is 17.6. The van der Waals surface area contributed by atoms with Crippen LogP contribution in [0.3, 0.4) is 0 Å². The minimum absolute atomic E-state index is 0.117. The summed E-state index contributed by atoms with van der Waals surface area (Å²) in [5, 5.41) is 7.16. The molecule has 0 amide bonds. The van der Waals surface area contributed by atoms with Crippen LogP contribution in [-0.4, -0.2) is 17.1 Å². The van der Waals surface area contributed by atoms with Crippen molar-refractivity contribution in [3.63, 3.8) is 0 Å². The van der Waals surface area contributed by atoms with E-state index >= 15 is 0 Å². The lowest BCUT2D eigenvalue weighted by molar-refractivity contribution is 0.304. The molecule has 3 nitrogen and oxygen atoms in total. The van der Waals surface area contributed by atoms with Crippen molar-refractivity contribution in [1.82, 2.24) is 10.3 Å². The van der Waals surface area contributed by atoms with Crippen molar-refractivity contribution in [3.8, 4) is 0 Å². The predicted molar refractivity (Wildman–Crippen MR) is 92.5 cm³/mol. The SMILES string of the molecule is CC(C)C(CNc1ccncc1CNC(C)(C)C)C(C)C. The second kappa shape index (κ2) is 7.79. The maximum atomic E-state index is 4.26. The van der Waals surface area contributed by atoms with E-state index in [1.807, 2.05) is 12.4 Å². The molecule has 21 heavy (non-hydrogen) atoms. The number of hydrogen-bond donors (Lipinski definition) is 2. The number of rotatable bonds is 7. The topological polar surface area (TPSA) is 37.0 Å². The molecule has 0 unspecified atom stereocenters. The molecule has 120 valence electrons. The third kappa shape index (κ3) is 6.47. The van der Waals surface area contributed by atoms with Gasteiger partial charge in [0, 0.05) is 42.3 Å². The van der Waals surface area contributed by atoms with Crippen molar-refractivity contribution in [2.24, 2.45) is 17.8 Å². The molecule has 0 spiro atoms. The molecule has 0 saturated carbocycles. The van der Waals surface area contributed by atoms with Gasteiger partial charge in [0.25, 0.3) is 0 Å². The Morgan fingerprint density at radius 3 is 2.24 bits per heavy atom. The van der Waals surface area contributed by atoms with Crippen LogP contribution >= 0.6 is 0 Å². The first-order chi connectivity index (χ1) is 9.70. The number of anilines is 1. The summed E-state index contributed by atoms with van der Waals surface area (Å²) in [5.74, 6) is 2.06. The summed E-state index contributed by atoms with van der Waals surface area (Å²) in [6.07, 6.45) is 3.82. The normalized spacial score (nSPS) is 12.5. The van der Waals surface area contributed by atoms with Crippen LogP contribution in [0, 0.1) is 17.8 Å². The van der Waals surface area contributed by atoms with E-state index in [2.05, 4.69) is 70.2 Å². The maximum absolute atomic E-state index is 4.26. The third-order valence-corrected chi connectivity index (χ3v) is 3.95. The van der Waals surface area contributed by atoms with Crippen molar-refractivity contribution in [2.45, 2.75) is 60.5 Å². The second-order valence-corrected chi connectivity index (χ2v) is 7.67. The van der Waals surface area contributed by atoms with Gasteiger partial charge in [0.05, 0.1) is 0 Å². The number of nitrogens with one attached hydrogen (secondary N) is 2. The van der Waals surface area contributed by atoms with Crippen LogP contribution < -0.4 is 10.6 Å². The zero-order valence-corrected chi connectivity index (χ0v) is 14.8. The number of hydrogen-bond acceptors (Lipinski definition) is 3. The highest BCUT2D eigenvalue weighted by Crippen LogP contribution is 2.22. The molecule has 2 N–H and O–H groups in total. The molecule has 0 fully saturated rings. The second-order valence-electron chi connectivity index (χ2n) is 7.67. The molecule has 0 bridgehead atoms. The van der Waals surface area contributed by atoms with E-state index in [1.54, 1.807) is 0 Å². The highest BCUT2D eigenvalue weighted by molar-refractivity contribution is 5.49. The quantitative estimate of drug-likeness (QED) is 0.786. The van der Waals surface area contributed by atoms with Gasteiger partial charge in [-0.3, -0.25) is 4.98 Å². The molecular weight excluding hydrogens is 258 g/mol. The number of nitrogens with zero attached hydrogens (tertiary/aromatic N) is 1. The van der Waals surface area contributed by atoms with Crippen molar-refractivity contribution < 1.29 is 0 Å². The molecule has 1 aromatic rings. The fraction of sp³-hybridized carbons (Fsp3) is 0.722. The predicted octanol–water partition coefficient (Wildman–Crippen LogP) is 4.31. The van der Waals surface area contributed by atoms with Gasteiger partial charge in [0.1, 0.15) is 0 Å². The average Bonchev–Trinajstić information content (AvgIpc) is 2.36. The van der Waals surface area contributed by atoms with E-state index in [0.29, 0.717) is 17.8 Å². The maximum Gasteiger partial charge on any atom is 0.0416 e. The van der Waals surface area contributed by atoms with Crippen LogP contribution in [0.25, 0.3) is 0 Å². The Hall–Kier alpha value is -1.09. The van der Waals surface area contributed by atoms with Crippen molar-refractivity contribution in [2.75, 3.05) is 11.9 Å². The van der Waals surface area contributed by atoms with Crippen molar-refractivity contribution in [1.29, 1.82) is 0 Å². The van der Waals surface area contributed by atoms with Crippen molar-refractivity contribution in [3.05, 3.63) is 24.0 Å². The molecule has 1 aromatic heterocycles. The van der Waals surface area contributed by atoms with Gasteiger partial charge < -0.3 is 10.6 Å². The molecule has 1 heterocycles. The monoisotopic (exact) mass is 291 g/mol. The van der Waals surface area contributed by atoms with Gasteiger partial charge in [-0.1, -0.05) is 27.7 Å². The zero-order valence-electron chi connectivity index (χ0n) is 14.8. The summed E-state index contributed by atoms with van der Waals surface area (Å²) in [5.41, 5.74) is 2.55. The molecule has 0 aromatic carbocycles. The van der Waals surface area contributed by atoms with Gasteiger partial charge in [-0.15, -0.1) is 0 Å². The smallest absolute Gasteiger partial charge is 0.0416 e. The zero-order chi connectivity index (χ0) is 16.0. The first kappa shape index (κ1) is 18.0. The van der Waals surface area contributed by atoms with E-state index in [1.165, 1.54) is 11.3 Å². The largest absolute Gasteiger partial charge is 0.384 e. The summed E-state index contributed by atoms with van der Waals surface area (Å²) in [4.78, 5) is 4.26. The van der Waals surface area contributed by atoms with Crippen LogP contribution in [0.4, 0.5) is 5.69 Å². The minimum Gasteiger partial charge on any atom is -0.384 e. The van der Waals surface area contributed by atoms with Crippen LogP contribution in [-0.2, 0) is 6.54 Å². The Kier molecular flexibility index (Phi) is 6.66. The van der Waals surface area contributed by atoms with Crippen LogP contribution in [0.2, 0.25) is 0 Å². The van der Waals surface area contributed by atoms with Gasteiger partial charge in [0.15, 0.2) is 0 Å². The molecule has 3 heteroatoms. The minimum atomic E-state index is 0.117.